The van der Waals surface area contributed by atoms with E-state index in [1.54, 1.807) is 31.4 Å². The first kappa shape index (κ1) is 23.9. The summed E-state index contributed by atoms with van der Waals surface area (Å²) in [5.74, 6) is -0.833. The molecule has 0 saturated carbocycles. The number of methoxy groups -OCH3 is 1. The lowest BCUT2D eigenvalue weighted by Gasteiger charge is -2.36. The predicted molar refractivity (Wildman–Crippen MR) is 124 cm³/mol. The van der Waals surface area contributed by atoms with Crippen molar-refractivity contribution in [3.05, 3.63) is 59.4 Å². The number of rotatable bonds is 7. The number of ether oxygens (including phenoxy) is 1. The highest BCUT2D eigenvalue weighted by molar-refractivity contribution is 6.88. The van der Waals surface area contributed by atoms with Gasteiger partial charge in [0.2, 0.25) is 0 Å². The fraction of sp³-hybridized carbons (Fsp3) is 0.391. The second kappa shape index (κ2) is 9.80. The summed E-state index contributed by atoms with van der Waals surface area (Å²) in [7, 11) is -0.251. The first-order valence-corrected chi connectivity index (χ1v) is 14.0. The number of urea groups is 1. The first-order valence-electron chi connectivity index (χ1n) is 10.5. The van der Waals surface area contributed by atoms with Crippen molar-refractivity contribution in [3.8, 4) is 0 Å². The standard InChI is InChI=1S/C23H30FN3O4Si/c1-31-14-15-5-7-16(8-6-15)21(26-23(30)27-12-18(28)13-27)22(29)25-17-9-10-20(19(24)11-17)32(2,3)4/h5-11,18,21,28H,12-14H2,1-4H3,(H,25,29)(H,26,30)/t21-/m1/s1. The molecule has 1 atom stereocenters. The molecule has 0 aromatic heterocycles. The molecule has 7 nitrogen and oxygen atoms in total. The third kappa shape index (κ3) is 5.73. The van der Waals surface area contributed by atoms with Gasteiger partial charge in [0, 0.05) is 12.8 Å². The lowest BCUT2D eigenvalue weighted by Crippen LogP contribution is -2.57. The van der Waals surface area contributed by atoms with Gasteiger partial charge in [-0.15, -0.1) is 0 Å². The van der Waals surface area contributed by atoms with Crippen LogP contribution < -0.4 is 15.8 Å². The Kier molecular flexibility index (Phi) is 7.32. The summed E-state index contributed by atoms with van der Waals surface area (Å²) >= 11 is 0. The summed E-state index contributed by atoms with van der Waals surface area (Å²) in [5, 5.41) is 15.6. The van der Waals surface area contributed by atoms with Crippen molar-refractivity contribution in [2.75, 3.05) is 25.5 Å². The van der Waals surface area contributed by atoms with E-state index in [0.717, 1.165) is 5.56 Å². The largest absolute Gasteiger partial charge is 0.389 e. The molecule has 2 aromatic carbocycles. The van der Waals surface area contributed by atoms with Crippen molar-refractivity contribution >= 4 is 30.9 Å². The van der Waals surface area contributed by atoms with Gasteiger partial charge in [-0.3, -0.25) is 4.79 Å². The minimum absolute atomic E-state index is 0.219. The number of aliphatic hydroxyl groups excluding tert-OH is 1. The van der Waals surface area contributed by atoms with Gasteiger partial charge in [0.25, 0.3) is 5.91 Å². The SMILES string of the molecule is COCc1ccc([C@@H](NC(=O)N2CC(O)C2)C(=O)Nc2ccc([Si](C)(C)C)c(F)c2)cc1. The lowest BCUT2D eigenvalue weighted by atomic mass is 10.0. The van der Waals surface area contributed by atoms with Crippen LogP contribution in [0.3, 0.4) is 0 Å². The van der Waals surface area contributed by atoms with Crippen molar-refractivity contribution in [1.29, 1.82) is 0 Å². The monoisotopic (exact) mass is 459 g/mol. The van der Waals surface area contributed by atoms with Gasteiger partial charge in [0.15, 0.2) is 0 Å². The Balaban J connectivity index is 1.81. The normalized spacial score (nSPS) is 15.1. The number of carbonyl (C=O) groups is 2. The van der Waals surface area contributed by atoms with E-state index in [9.17, 15) is 19.1 Å². The van der Waals surface area contributed by atoms with E-state index in [4.69, 9.17) is 4.74 Å². The number of benzene rings is 2. The molecule has 32 heavy (non-hydrogen) atoms. The molecule has 0 unspecified atom stereocenters. The Morgan fingerprint density at radius 2 is 1.84 bits per heavy atom. The number of aliphatic hydroxyl groups is 1. The van der Waals surface area contributed by atoms with E-state index in [1.807, 2.05) is 12.1 Å². The number of anilines is 1. The van der Waals surface area contributed by atoms with Gasteiger partial charge in [0.1, 0.15) is 11.9 Å². The van der Waals surface area contributed by atoms with Crippen LogP contribution in [0.2, 0.25) is 19.6 Å². The molecule has 3 amide bonds. The van der Waals surface area contributed by atoms with Crippen LogP contribution in [0.5, 0.6) is 0 Å². The number of nitrogens with one attached hydrogen (secondary N) is 2. The number of carbonyl (C=O) groups excluding carboxylic acids is 2. The molecule has 0 aliphatic carbocycles. The number of halogens is 1. The number of hydrogen-bond donors (Lipinski definition) is 3. The highest BCUT2D eigenvalue weighted by Gasteiger charge is 2.32. The molecule has 9 heteroatoms. The molecule has 2 aromatic rings. The smallest absolute Gasteiger partial charge is 0.318 e. The Morgan fingerprint density at radius 1 is 1.19 bits per heavy atom. The molecule has 0 spiro atoms. The van der Waals surface area contributed by atoms with Gasteiger partial charge in [-0.05, 0) is 28.4 Å². The number of amides is 3. The molecule has 1 fully saturated rings. The molecule has 1 aliphatic rings. The van der Waals surface area contributed by atoms with Crippen molar-refractivity contribution in [2.45, 2.75) is 38.4 Å². The van der Waals surface area contributed by atoms with Crippen LogP contribution in [-0.2, 0) is 16.1 Å². The molecule has 3 N–H and O–H groups in total. The van der Waals surface area contributed by atoms with Gasteiger partial charge in [-0.25, -0.2) is 9.18 Å². The molecular formula is C23H30FN3O4Si. The van der Waals surface area contributed by atoms with Crippen molar-refractivity contribution < 1.29 is 23.8 Å². The van der Waals surface area contributed by atoms with E-state index in [1.165, 1.54) is 11.0 Å². The maximum Gasteiger partial charge on any atom is 0.318 e. The van der Waals surface area contributed by atoms with Crippen LogP contribution in [0.25, 0.3) is 0 Å². The van der Waals surface area contributed by atoms with Crippen LogP contribution >= 0.6 is 0 Å². The summed E-state index contributed by atoms with van der Waals surface area (Å²) in [6, 6.07) is 10.4. The molecule has 0 radical (unpaired) electrons. The Hall–Kier alpha value is -2.75. The second-order valence-electron chi connectivity index (χ2n) is 9.05. The van der Waals surface area contributed by atoms with Gasteiger partial charge < -0.3 is 25.4 Å². The summed E-state index contributed by atoms with van der Waals surface area (Å²) < 4.78 is 19.7. The molecule has 1 saturated heterocycles. The molecule has 0 bridgehead atoms. The first-order chi connectivity index (χ1) is 15.1. The Bertz CT molecular complexity index is 972. The van der Waals surface area contributed by atoms with Crippen LogP contribution in [0, 0.1) is 5.82 Å². The Morgan fingerprint density at radius 3 is 2.38 bits per heavy atom. The maximum absolute atomic E-state index is 14.6. The lowest BCUT2D eigenvalue weighted by molar-refractivity contribution is -0.118. The fourth-order valence-corrected chi connectivity index (χ4v) is 4.90. The third-order valence-corrected chi connectivity index (χ3v) is 7.37. The summed E-state index contributed by atoms with van der Waals surface area (Å²) in [6.45, 7) is 7.02. The van der Waals surface area contributed by atoms with Crippen LogP contribution in [0.15, 0.2) is 42.5 Å². The zero-order chi connectivity index (χ0) is 23.5. The van der Waals surface area contributed by atoms with Gasteiger partial charge in [-0.2, -0.15) is 0 Å². The van der Waals surface area contributed by atoms with Gasteiger partial charge in [-0.1, -0.05) is 50.0 Å². The zero-order valence-electron chi connectivity index (χ0n) is 18.8. The number of nitrogens with zero attached hydrogens (tertiary/aromatic N) is 1. The topological polar surface area (TPSA) is 90.9 Å². The van der Waals surface area contributed by atoms with Crippen LogP contribution in [0.1, 0.15) is 17.2 Å². The number of hydrogen-bond acceptors (Lipinski definition) is 4. The van der Waals surface area contributed by atoms with Gasteiger partial charge >= 0.3 is 6.03 Å². The average molecular weight is 460 g/mol. The van der Waals surface area contributed by atoms with Crippen molar-refractivity contribution in [3.63, 3.8) is 0 Å². The molecule has 3 rings (SSSR count). The van der Waals surface area contributed by atoms with Crippen molar-refractivity contribution in [2.24, 2.45) is 0 Å². The number of β-amino-alcohol motifs (C(OH)–C–C–N with tert-alkyl or cyclic N) is 1. The second-order valence-corrected chi connectivity index (χ2v) is 14.1. The molecule has 1 heterocycles. The summed E-state index contributed by atoms with van der Waals surface area (Å²) in [6.07, 6.45) is -0.547. The highest BCUT2D eigenvalue weighted by Crippen LogP contribution is 2.20. The fourth-order valence-electron chi connectivity index (χ4n) is 3.52. The summed E-state index contributed by atoms with van der Waals surface area (Å²) in [4.78, 5) is 27.1. The van der Waals surface area contributed by atoms with E-state index >= 15 is 0 Å². The van der Waals surface area contributed by atoms with Crippen LogP contribution in [0.4, 0.5) is 14.9 Å². The van der Waals surface area contributed by atoms with E-state index in [0.29, 0.717) is 23.0 Å². The average Bonchev–Trinajstić information content (AvgIpc) is 2.69. The zero-order valence-corrected chi connectivity index (χ0v) is 19.8. The maximum atomic E-state index is 14.6. The quantitative estimate of drug-likeness (QED) is 0.555. The van der Waals surface area contributed by atoms with E-state index < -0.39 is 32.2 Å². The number of likely N-dealkylation sites (tertiary alicyclic amines) is 1. The third-order valence-electron chi connectivity index (χ3n) is 5.35. The highest BCUT2D eigenvalue weighted by atomic mass is 28.3. The van der Waals surface area contributed by atoms with E-state index in [2.05, 4.69) is 30.3 Å². The van der Waals surface area contributed by atoms with Gasteiger partial charge in [0.05, 0.1) is 33.9 Å². The molecular weight excluding hydrogens is 429 g/mol. The summed E-state index contributed by atoms with van der Waals surface area (Å²) in [5.41, 5.74) is 1.83. The molecule has 172 valence electrons. The minimum Gasteiger partial charge on any atom is -0.389 e. The van der Waals surface area contributed by atoms with Crippen molar-refractivity contribution in [1.82, 2.24) is 10.2 Å². The minimum atomic E-state index is -1.85. The Labute approximate surface area is 188 Å². The predicted octanol–water partition coefficient (Wildman–Crippen LogP) is 2.58. The molecule has 1 aliphatic heterocycles. The van der Waals surface area contributed by atoms with E-state index in [-0.39, 0.29) is 18.9 Å². The van der Waals surface area contributed by atoms with Crippen LogP contribution in [-0.4, -0.2) is 56.3 Å².